The number of rotatable bonds is 5. The molecule has 1 saturated heterocycles. The number of carbonyl (C=O) groups excluding carboxylic acids is 2. The van der Waals surface area contributed by atoms with Gasteiger partial charge in [0.1, 0.15) is 16.6 Å². The molecule has 2 rings (SSSR count). The first kappa shape index (κ1) is 25.4. The summed E-state index contributed by atoms with van der Waals surface area (Å²) in [6.07, 6.45) is 1.81. The Morgan fingerprint density at radius 1 is 1.10 bits per heavy atom. The van der Waals surface area contributed by atoms with Gasteiger partial charge in [-0.1, -0.05) is 65.5 Å². The van der Waals surface area contributed by atoms with E-state index in [0.29, 0.717) is 28.1 Å². The topological polar surface area (TPSA) is 60.9 Å². The predicted molar refractivity (Wildman–Crippen MR) is 133 cm³/mol. The number of hydrogen-bond donors (Lipinski definition) is 1. The van der Waals surface area contributed by atoms with Crippen LogP contribution in [0.5, 0.6) is 5.75 Å². The number of carbonyl (C=O) groups is 2. The molecule has 0 radical (unpaired) electrons. The van der Waals surface area contributed by atoms with Crippen molar-refractivity contribution in [2.45, 2.75) is 66.2 Å². The van der Waals surface area contributed by atoms with Gasteiger partial charge in [-0.2, -0.15) is 0 Å². The first-order chi connectivity index (χ1) is 14.2. The highest BCUT2D eigenvalue weighted by Gasteiger charge is 2.34. The van der Waals surface area contributed by atoms with Gasteiger partial charge in [0.05, 0.1) is 4.91 Å². The summed E-state index contributed by atoms with van der Waals surface area (Å²) < 4.78 is 0.391. The fraction of sp³-hybridized carbons (Fsp3) is 0.542. The van der Waals surface area contributed by atoms with Crippen molar-refractivity contribution in [3.63, 3.8) is 0 Å². The van der Waals surface area contributed by atoms with Crippen molar-refractivity contribution in [1.82, 2.24) is 9.80 Å². The smallest absolute Gasteiger partial charge is 0.266 e. The van der Waals surface area contributed by atoms with Gasteiger partial charge in [0, 0.05) is 24.2 Å². The predicted octanol–water partition coefficient (Wildman–Crippen LogP) is 5.06. The molecule has 0 atom stereocenters. The molecule has 170 valence electrons. The van der Waals surface area contributed by atoms with Crippen LogP contribution in [0.4, 0.5) is 0 Å². The molecule has 0 saturated carbocycles. The molecule has 1 N–H and O–H groups in total. The zero-order chi connectivity index (χ0) is 23.7. The molecule has 7 heteroatoms. The van der Waals surface area contributed by atoms with Crippen LogP contribution in [0, 0.1) is 0 Å². The highest BCUT2D eigenvalue weighted by molar-refractivity contribution is 8.26. The summed E-state index contributed by atoms with van der Waals surface area (Å²) in [7, 11) is 0. The van der Waals surface area contributed by atoms with Crippen molar-refractivity contribution in [1.29, 1.82) is 0 Å². The quantitative estimate of drug-likeness (QED) is 0.490. The van der Waals surface area contributed by atoms with Gasteiger partial charge in [0.2, 0.25) is 5.91 Å². The summed E-state index contributed by atoms with van der Waals surface area (Å²) in [6.45, 7) is 17.3. The lowest BCUT2D eigenvalue weighted by Gasteiger charge is -2.28. The van der Waals surface area contributed by atoms with Gasteiger partial charge in [-0.3, -0.25) is 14.5 Å². The van der Waals surface area contributed by atoms with Gasteiger partial charge in [-0.15, -0.1) is 0 Å². The monoisotopic (exact) mass is 462 g/mol. The number of phenolic OH excluding ortho intramolecular Hbond substituents is 1. The van der Waals surface area contributed by atoms with E-state index in [1.165, 1.54) is 16.7 Å². The number of thioether (sulfide) groups is 1. The SMILES string of the molecule is CCN(CC)C(=O)CN1C(=O)C(=Cc2cc(C(C)(C)C)c(O)c(C(C)(C)C)c2)SC1=S. The minimum atomic E-state index is -0.261. The van der Waals surface area contributed by atoms with Crippen LogP contribution in [-0.2, 0) is 20.4 Å². The normalized spacial score (nSPS) is 16.4. The maximum atomic E-state index is 13.0. The Labute approximate surface area is 195 Å². The van der Waals surface area contributed by atoms with Crippen LogP contribution >= 0.6 is 24.0 Å². The first-order valence-electron chi connectivity index (χ1n) is 10.6. The van der Waals surface area contributed by atoms with Crippen LogP contribution < -0.4 is 0 Å². The molecule has 0 bridgehead atoms. The molecule has 0 unspecified atom stereocenters. The summed E-state index contributed by atoms with van der Waals surface area (Å²) in [5.41, 5.74) is 1.98. The number of likely N-dealkylation sites (N-methyl/N-ethyl adjacent to an activating group) is 1. The molecule has 0 aliphatic carbocycles. The van der Waals surface area contributed by atoms with Crippen LogP contribution in [0.3, 0.4) is 0 Å². The van der Waals surface area contributed by atoms with E-state index in [0.717, 1.165) is 16.7 Å². The molecule has 1 aromatic carbocycles. The second kappa shape index (κ2) is 9.33. The van der Waals surface area contributed by atoms with E-state index in [1.807, 2.05) is 32.1 Å². The van der Waals surface area contributed by atoms with Gasteiger partial charge in [-0.25, -0.2) is 0 Å². The molecule has 2 amide bonds. The fourth-order valence-corrected chi connectivity index (χ4v) is 4.74. The van der Waals surface area contributed by atoms with E-state index in [4.69, 9.17) is 12.2 Å². The van der Waals surface area contributed by atoms with Crippen LogP contribution in [0.15, 0.2) is 17.0 Å². The Bertz CT molecular complexity index is 885. The maximum absolute atomic E-state index is 13.0. The highest BCUT2D eigenvalue weighted by Crippen LogP contribution is 2.41. The minimum absolute atomic E-state index is 0.0419. The third kappa shape index (κ3) is 5.69. The number of benzene rings is 1. The molecule has 0 aromatic heterocycles. The maximum Gasteiger partial charge on any atom is 0.266 e. The summed E-state index contributed by atoms with van der Waals surface area (Å²) >= 11 is 6.61. The summed E-state index contributed by atoms with van der Waals surface area (Å²) in [6, 6.07) is 3.86. The Balaban J connectivity index is 2.45. The number of amides is 2. The van der Waals surface area contributed by atoms with Gasteiger partial charge in [0.25, 0.3) is 5.91 Å². The van der Waals surface area contributed by atoms with Crippen LogP contribution in [-0.4, -0.2) is 50.7 Å². The van der Waals surface area contributed by atoms with Crippen molar-refractivity contribution in [3.05, 3.63) is 33.7 Å². The van der Waals surface area contributed by atoms with Crippen molar-refractivity contribution in [3.8, 4) is 5.75 Å². The average Bonchev–Trinajstić information content (AvgIpc) is 2.89. The highest BCUT2D eigenvalue weighted by atomic mass is 32.2. The fourth-order valence-electron chi connectivity index (χ4n) is 3.48. The number of aromatic hydroxyl groups is 1. The molecular formula is C24H34N2O3S2. The molecule has 1 aliphatic heterocycles. The van der Waals surface area contributed by atoms with E-state index in [-0.39, 0.29) is 29.2 Å². The number of nitrogens with zero attached hydrogens (tertiary/aromatic N) is 2. The van der Waals surface area contributed by atoms with E-state index in [9.17, 15) is 14.7 Å². The van der Waals surface area contributed by atoms with Gasteiger partial charge in [-0.05, 0) is 48.4 Å². The van der Waals surface area contributed by atoms with Crippen molar-refractivity contribution in [2.24, 2.45) is 0 Å². The number of phenols is 1. The third-order valence-electron chi connectivity index (χ3n) is 5.33. The van der Waals surface area contributed by atoms with Crippen LogP contribution in [0.1, 0.15) is 72.1 Å². The number of thiocarbonyl (C=S) groups is 1. The molecular weight excluding hydrogens is 428 g/mol. The molecule has 1 aliphatic rings. The second-order valence-corrected chi connectivity index (χ2v) is 11.5. The molecule has 0 spiro atoms. The lowest BCUT2D eigenvalue weighted by Crippen LogP contribution is -2.41. The van der Waals surface area contributed by atoms with Gasteiger partial charge < -0.3 is 10.0 Å². The van der Waals surface area contributed by atoms with Crippen LogP contribution in [0.2, 0.25) is 0 Å². The molecule has 1 aromatic rings. The molecule has 1 heterocycles. The van der Waals surface area contributed by atoms with Gasteiger partial charge in [0.15, 0.2) is 0 Å². The molecule has 31 heavy (non-hydrogen) atoms. The standard InChI is InChI=1S/C24H34N2O3S2/c1-9-25(10-2)19(27)14-26-21(29)18(31-22(26)30)13-15-11-16(23(3,4)5)20(28)17(12-15)24(6,7)8/h11-13,28H,9-10,14H2,1-8H3. The summed E-state index contributed by atoms with van der Waals surface area (Å²) in [5, 5.41) is 10.9. The lowest BCUT2D eigenvalue weighted by molar-refractivity contribution is -0.135. The van der Waals surface area contributed by atoms with Gasteiger partial charge >= 0.3 is 0 Å². The number of hydrogen-bond acceptors (Lipinski definition) is 5. The van der Waals surface area contributed by atoms with E-state index in [1.54, 1.807) is 4.90 Å². The van der Waals surface area contributed by atoms with E-state index in [2.05, 4.69) is 41.5 Å². The summed E-state index contributed by atoms with van der Waals surface area (Å²) in [4.78, 5) is 29.0. The Morgan fingerprint density at radius 2 is 1.58 bits per heavy atom. The Kier molecular flexibility index (Phi) is 7.64. The third-order valence-corrected chi connectivity index (χ3v) is 6.71. The van der Waals surface area contributed by atoms with Crippen LogP contribution in [0.25, 0.3) is 6.08 Å². The Hall–Kier alpha value is -1.86. The van der Waals surface area contributed by atoms with Crippen molar-refractivity contribution >= 4 is 46.2 Å². The lowest BCUT2D eigenvalue weighted by atomic mass is 9.78. The Morgan fingerprint density at radius 3 is 2.00 bits per heavy atom. The first-order valence-corrected chi connectivity index (χ1v) is 11.8. The van der Waals surface area contributed by atoms with E-state index < -0.39 is 0 Å². The van der Waals surface area contributed by atoms with Crippen molar-refractivity contribution in [2.75, 3.05) is 19.6 Å². The zero-order valence-corrected chi connectivity index (χ0v) is 21.5. The largest absolute Gasteiger partial charge is 0.507 e. The summed E-state index contributed by atoms with van der Waals surface area (Å²) in [5.74, 6) is -0.0649. The zero-order valence-electron chi connectivity index (χ0n) is 19.8. The second-order valence-electron chi connectivity index (χ2n) is 9.80. The molecule has 5 nitrogen and oxygen atoms in total. The average molecular weight is 463 g/mol. The molecule has 1 fully saturated rings. The van der Waals surface area contributed by atoms with E-state index >= 15 is 0 Å². The minimum Gasteiger partial charge on any atom is -0.507 e. The van der Waals surface area contributed by atoms with Crippen molar-refractivity contribution < 1.29 is 14.7 Å².